The first-order valence-electron chi connectivity index (χ1n) is 6.10. The predicted octanol–water partition coefficient (Wildman–Crippen LogP) is -0.245. The third-order valence-corrected chi connectivity index (χ3v) is 3.19. The average molecular weight is 263 g/mol. The van der Waals surface area contributed by atoms with Crippen molar-refractivity contribution in [2.75, 3.05) is 11.9 Å². The van der Waals surface area contributed by atoms with E-state index in [1.54, 1.807) is 25.1 Å². The summed E-state index contributed by atoms with van der Waals surface area (Å²) in [5, 5.41) is 15.1. The zero-order chi connectivity index (χ0) is 14.0. The first kappa shape index (κ1) is 13.5. The Kier molecular flexibility index (Phi) is 3.82. The zero-order valence-electron chi connectivity index (χ0n) is 10.6. The smallest absolute Gasteiger partial charge is 0.248 e. The molecule has 0 aromatic heterocycles. The molecule has 0 aliphatic carbocycles. The Hall–Kier alpha value is -1.92. The summed E-state index contributed by atoms with van der Waals surface area (Å²) in [5.41, 5.74) is 7.00. The van der Waals surface area contributed by atoms with Crippen molar-refractivity contribution in [1.82, 2.24) is 5.32 Å². The maximum Gasteiger partial charge on any atom is 0.248 e. The summed E-state index contributed by atoms with van der Waals surface area (Å²) < 4.78 is 0. The van der Waals surface area contributed by atoms with Gasteiger partial charge in [0.1, 0.15) is 0 Å². The fourth-order valence-corrected chi connectivity index (χ4v) is 2.09. The van der Waals surface area contributed by atoms with Gasteiger partial charge in [-0.1, -0.05) is 0 Å². The number of anilines is 1. The van der Waals surface area contributed by atoms with E-state index in [0.717, 1.165) is 5.56 Å². The van der Waals surface area contributed by atoms with Gasteiger partial charge in [-0.25, -0.2) is 0 Å². The summed E-state index contributed by atoms with van der Waals surface area (Å²) in [5.74, 6) is -0.687. The normalized spacial score (nSPS) is 22.2. The molecule has 2 unspecified atom stereocenters. The predicted molar refractivity (Wildman–Crippen MR) is 70.7 cm³/mol. The lowest BCUT2D eigenvalue weighted by Gasteiger charge is -2.13. The van der Waals surface area contributed by atoms with Crippen LogP contribution in [0.2, 0.25) is 0 Å². The molecule has 0 spiro atoms. The van der Waals surface area contributed by atoms with Gasteiger partial charge in [0.2, 0.25) is 11.8 Å². The Bertz CT molecular complexity index is 516. The minimum Gasteiger partial charge on any atom is -0.392 e. The summed E-state index contributed by atoms with van der Waals surface area (Å²) in [4.78, 5) is 23.0. The van der Waals surface area contributed by atoms with Crippen molar-refractivity contribution >= 4 is 17.5 Å². The van der Waals surface area contributed by atoms with E-state index in [-0.39, 0.29) is 11.9 Å². The summed E-state index contributed by atoms with van der Waals surface area (Å²) in [6, 6.07) is 4.47. The van der Waals surface area contributed by atoms with Crippen molar-refractivity contribution in [3.05, 3.63) is 29.3 Å². The molecule has 1 aromatic rings. The number of carbonyl (C=O) groups excluding carboxylic acids is 2. The van der Waals surface area contributed by atoms with Gasteiger partial charge in [0, 0.05) is 17.8 Å². The van der Waals surface area contributed by atoms with Crippen molar-refractivity contribution in [3.8, 4) is 0 Å². The van der Waals surface area contributed by atoms with Gasteiger partial charge in [-0.05, 0) is 37.1 Å². The number of hydrogen-bond acceptors (Lipinski definition) is 4. The number of carbonyl (C=O) groups is 2. The highest BCUT2D eigenvalue weighted by Gasteiger charge is 2.28. The molecule has 1 heterocycles. The lowest BCUT2D eigenvalue weighted by atomic mass is 10.1. The van der Waals surface area contributed by atoms with Crippen molar-refractivity contribution in [3.63, 3.8) is 0 Å². The number of β-amino-alcohol motifs (C(OH)–C–C–N with tert-alkyl or cyclic N) is 1. The third kappa shape index (κ3) is 3.10. The highest BCUT2D eigenvalue weighted by Crippen LogP contribution is 2.17. The maximum absolute atomic E-state index is 12.0. The molecule has 1 aromatic carbocycles. The molecule has 0 radical (unpaired) electrons. The largest absolute Gasteiger partial charge is 0.392 e. The number of primary amides is 1. The van der Waals surface area contributed by atoms with Crippen LogP contribution in [0.3, 0.4) is 0 Å². The summed E-state index contributed by atoms with van der Waals surface area (Å²) in [7, 11) is 0. The number of amides is 2. The van der Waals surface area contributed by atoms with Crippen molar-refractivity contribution in [1.29, 1.82) is 0 Å². The zero-order valence-corrected chi connectivity index (χ0v) is 10.6. The topological polar surface area (TPSA) is 104 Å². The molecule has 1 aliphatic heterocycles. The molecule has 1 aliphatic rings. The monoisotopic (exact) mass is 263 g/mol. The summed E-state index contributed by atoms with van der Waals surface area (Å²) in [6.07, 6.45) is -0.0707. The molecule has 6 nitrogen and oxygen atoms in total. The molecule has 2 amide bonds. The standard InChI is InChI=1S/C13H17N3O3/c1-7-4-8(12(14)18)2-3-10(7)16-13(19)11-5-9(17)6-15-11/h2-4,9,11,15,17H,5-6H2,1H3,(H2,14,18)(H,16,19). The van der Waals surface area contributed by atoms with Gasteiger partial charge in [0.25, 0.3) is 0 Å². The average Bonchev–Trinajstić information content (AvgIpc) is 2.78. The quantitative estimate of drug-likeness (QED) is 0.604. The van der Waals surface area contributed by atoms with Crippen LogP contribution in [0.1, 0.15) is 22.3 Å². The minimum atomic E-state index is -0.499. The van der Waals surface area contributed by atoms with E-state index in [2.05, 4.69) is 10.6 Å². The molecule has 0 bridgehead atoms. The van der Waals surface area contributed by atoms with Crippen LogP contribution in [0.4, 0.5) is 5.69 Å². The van der Waals surface area contributed by atoms with E-state index in [9.17, 15) is 14.7 Å². The van der Waals surface area contributed by atoms with Crippen LogP contribution in [0.15, 0.2) is 18.2 Å². The number of aryl methyl sites for hydroxylation is 1. The first-order chi connectivity index (χ1) is 8.97. The van der Waals surface area contributed by atoms with Gasteiger partial charge >= 0.3 is 0 Å². The molecule has 2 rings (SSSR count). The minimum absolute atomic E-state index is 0.188. The van der Waals surface area contributed by atoms with Crippen LogP contribution in [0, 0.1) is 6.92 Å². The van der Waals surface area contributed by atoms with Gasteiger partial charge in [-0.3, -0.25) is 9.59 Å². The second-order valence-electron chi connectivity index (χ2n) is 4.73. The van der Waals surface area contributed by atoms with Crippen molar-refractivity contribution < 1.29 is 14.7 Å². The first-order valence-corrected chi connectivity index (χ1v) is 6.10. The van der Waals surface area contributed by atoms with Crippen LogP contribution >= 0.6 is 0 Å². The molecule has 0 saturated carbocycles. The number of aliphatic hydroxyl groups excluding tert-OH is 1. The Morgan fingerprint density at radius 1 is 1.47 bits per heavy atom. The summed E-state index contributed by atoms with van der Waals surface area (Å²) >= 11 is 0. The van der Waals surface area contributed by atoms with Crippen LogP contribution in [0.25, 0.3) is 0 Å². The molecular formula is C13H17N3O3. The van der Waals surface area contributed by atoms with Crippen LogP contribution in [0.5, 0.6) is 0 Å². The Morgan fingerprint density at radius 2 is 2.21 bits per heavy atom. The Labute approximate surface area is 111 Å². The molecule has 6 heteroatoms. The summed E-state index contributed by atoms with van der Waals surface area (Å²) in [6.45, 7) is 2.22. The van der Waals surface area contributed by atoms with E-state index in [4.69, 9.17) is 5.73 Å². The van der Waals surface area contributed by atoms with Crippen LogP contribution in [-0.4, -0.2) is 35.6 Å². The van der Waals surface area contributed by atoms with Gasteiger partial charge in [-0.15, -0.1) is 0 Å². The van der Waals surface area contributed by atoms with E-state index < -0.39 is 12.0 Å². The molecule has 2 atom stereocenters. The van der Waals surface area contributed by atoms with Gasteiger partial charge in [0.05, 0.1) is 12.1 Å². The fourth-order valence-electron chi connectivity index (χ4n) is 2.09. The molecule has 102 valence electrons. The Balaban J connectivity index is 2.07. The SMILES string of the molecule is Cc1cc(C(N)=O)ccc1NC(=O)C1CC(O)CN1. The van der Waals surface area contributed by atoms with E-state index in [1.165, 1.54) is 0 Å². The number of rotatable bonds is 3. The highest BCUT2D eigenvalue weighted by molar-refractivity contribution is 5.97. The van der Waals surface area contributed by atoms with Gasteiger partial charge in [-0.2, -0.15) is 0 Å². The van der Waals surface area contributed by atoms with Crippen molar-refractivity contribution in [2.45, 2.75) is 25.5 Å². The molecular weight excluding hydrogens is 246 g/mol. The lowest BCUT2D eigenvalue weighted by Crippen LogP contribution is -2.35. The molecule has 19 heavy (non-hydrogen) atoms. The molecule has 1 fully saturated rings. The van der Waals surface area contributed by atoms with E-state index in [1.807, 2.05) is 0 Å². The number of nitrogens with two attached hydrogens (primary N) is 1. The second kappa shape index (κ2) is 5.38. The van der Waals surface area contributed by atoms with E-state index in [0.29, 0.717) is 24.2 Å². The maximum atomic E-state index is 12.0. The number of benzene rings is 1. The number of nitrogens with one attached hydrogen (secondary N) is 2. The number of hydrogen-bond donors (Lipinski definition) is 4. The van der Waals surface area contributed by atoms with E-state index >= 15 is 0 Å². The highest BCUT2D eigenvalue weighted by atomic mass is 16.3. The Morgan fingerprint density at radius 3 is 2.74 bits per heavy atom. The van der Waals surface area contributed by atoms with Gasteiger partial charge < -0.3 is 21.5 Å². The van der Waals surface area contributed by atoms with Gasteiger partial charge in [0.15, 0.2) is 0 Å². The third-order valence-electron chi connectivity index (χ3n) is 3.19. The fraction of sp³-hybridized carbons (Fsp3) is 0.385. The van der Waals surface area contributed by atoms with Crippen LogP contribution in [-0.2, 0) is 4.79 Å². The van der Waals surface area contributed by atoms with Crippen LogP contribution < -0.4 is 16.4 Å². The lowest BCUT2D eigenvalue weighted by molar-refractivity contribution is -0.117. The van der Waals surface area contributed by atoms with Crippen molar-refractivity contribution in [2.24, 2.45) is 5.73 Å². The molecule has 5 N–H and O–H groups in total. The number of aliphatic hydroxyl groups is 1. The molecule has 1 saturated heterocycles. The second-order valence-corrected chi connectivity index (χ2v) is 4.73.